The number of phenols is 2. The molecule has 2 N–H and O–H groups in total. The maximum atomic E-state index is 12.0. The maximum Gasteiger partial charge on any atom is 0.338 e. The second-order valence-electron chi connectivity index (χ2n) is 5.54. The van der Waals surface area contributed by atoms with Crippen LogP contribution in [0.15, 0.2) is 12.1 Å². The number of rotatable bonds is 12. The molecule has 160 valence electrons. The fourth-order valence-corrected chi connectivity index (χ4v) is 2.10. The Hall–Kier alpha value is -3.84. The first kappa shape index (κ1) is 23.2. The molecule has 0 aliphatic rings. The molecule has 0 aromatic heterocycles. The number of unbranched alkanes of at least 4 members (excludes halogenated alkanes) is 1. The van der Waals surface area contributed by atoms with Crippen LogP contribution in [0.4, 0.5) is 0 Å². The van der Waals surface area contributed by atoms with Crippen LogP contribution in [0.2, 0.25) is 0 Å². The largest absolute Gasteiger partial charge is 0.504 e. The average Bonchev–Trinajstić information content (AvgIpc) is 2.61. The second-order valence-corrected chi connectivity index (χ2v) is 5.54. The van der Waals surface area contributed by atoms with Crippen LogP contribution in [0, 0.1) is 20.2 Å². The smallest absolute Gasteiger partial charge is 0.338 e. The van der Waals surface area contributed by atoms with Crippen molar-refractivity contribution in [3.05, 3.63) is 37.9 Å². The third-order valence-electron chi connectivity index (χ3n) is 3.30. The van der Waals surface area contributed by atoms with Gasteiger partial charge >= 0.3 is 11.9 Å². The van der Waals surface area contributed by atoms with Crippen LogP contribution in [-0.4, -0.2) is 51.6 Å². The number of carbonyl (C=O) groups excluding carboxylic acids is 2. The zero-order valence-electron chi connectivity index (χ0n) is 15.1. The number of hydrogen-bond acceptors (Lipinski definition) is 12. The van der Waals surface area contributed by atoms with E-state index in [4.69, 9.17) is 4.74 Å². The van der Waals surface area contributed by atoms with Gasteiger partial charge in [0.05, 0.1) is 12.2 Å². The summed E-state index contributed by atoms with van der Waals surface area (Å²) in [6.07, 6.45) is -0.635. The van der Waals surface area contributed by atoms with Crippen molar-refractivity contribution in [3.63, 3.8) is 0 Å². The number of carbonyl (C=O) groups is 2. The molecule has 14 nitrogen and oxygen atoms in total. The van der Waals surface area contributed by atoms with E-state index < -0.39 is 52.1 Å². The number of aromatic hydroxyl groups is 2. The van der Waals surface area contributed by atoms with Gasteiger partial charge in [-0.15, -0.1) is 20.2 Å². The average molecular weight is 418 g/mol. The lowest BCUT2D eigenvalue weighted by Crippen LogP contribution is -2.24. The molecule has 1 aromatic carbocycles. The predicted octanol–water partition coefficient (Wildman–Crippen LogP) is 1.14. The normalized spacial score (nSPS) is 11.2. The van der Waals surface area contributed by atoms with Gasteiger partial charge in [0.1, 0.15) is 12.7 Å². The minimum Gasteiger partial charge on any atom is -0.504 e. The third kappa shape index (κ3) is 8.59. The van der Waals surface area contributed by atoms with Gasteiger partial charge in [-0.3, -0.25) is 4.79 Å². The molecule has 0 saturated carbocycles. The van der Waals surface area contributed by atoms with Crippen molar-refractivity contribution in [1.82, 2.24) is 0 Å². The molecule has 14 heteroatoms. The zero-order chi connectivity index (χ0) is 22.0. The quantitative estimate of drug-likeness (QED) is 0.123. The summed E-state index contributed by atoms with van der Waals surface area (Å²) < 4.78 is 9.63. The van der Waals surface area contributed by atoms with E-state index in [9.17, 15) is 40.0 Å². The number of esters is 2. The van der Waals surface area contributed by atoms with Crippen molar-refractivity contribution in [2.45, 2.75) is 32.3 Å². The highest BCUT2D eigenvalue weighted by molar-refractivity contribution is 5.91. The predicted molar refractivity (Wildman–Crippen MR) is 90.0 cm³/mol. The molecule has 0 bridgehead atoms. The molecule has 0 radical (unpaired) electrons. The summed E-state index contributed by atoms with van der Waals surface area (Å²) in [5, 5.41) is 37.5. The van der Waals surface area contributed by atoms with Crippen LogP contribution in [-0.2, 0) is 19.2 Å². The summed E-state index contributed by atoms with van der Waals surface area (Å²) in [7, 11) is 0. The molecule has 29 heavy (non-hydrogen) atoms. The third-order valence-corrected chi connectivity index (χ3v) is 3.30. The summed E-state index contributed by atoms with van der Waals surface area (Å²) >= 11 is 0. The van der Waals surface area contributed by atoms with Gasteiger partial charge < -0.3 is 29.4 Å². The number of phenolic OH excluding ortho intramolecular Hbond substituents is 2. The first-order valence-corrected chi connectivity index (χ1v) is 8.10. The highest BCUT2D eigenvalue weighted by Crippen LogP contribution is 2.36. The Balaban J connectivity index is 2.52. The molecule has 1 rings (SSSR count). The lowest BCUT2D eigenvalue weighted by atomic mass is 10.1. The number of benzene rings is 1. The lowest BCUT2D eigenvalue weighted by molar-refractivity contribution is -0.790. The number of ether oxygens (including phenoxy) is 2. The molecule has 1 unspecified atom stereocenters. The van der Waals surface area contributed by atoms with E-state index in [-0.39, 0.29) is 31.4 Å². The maximum absolute atomic E-state index is 12.0. The Morgan fingerprint density at radius 2 is 1.83 bits per heavy atom. The molecular formula is C15H18N2O12. The minimum absolute atomic E-state index is 0.0307. The first-order valence-electron chi connectivity index (χ1n) is 8.10. The van der Waals surface area contributed by atoms with E-state index in [2.05, 4.69) is 14.4 Å². The molecule has 0 aliphatic heterocycles. The van der Waals surface area contributed by atoms with Gasteiger partial charge in [-0.1, -0.05) is 0 Å². The second kappa shape index (κ2) is 11.1. The van der Waals surface area contributed by atoms with Gasteiger partial charge in [-0.05, 0) is 31.4 Å². The lowest BCUT2D eigenvalue weighted by Gasteiger charge is -2.13. The van der Waals surface area contributed by atoms with Crippen LogP contribution in [0.3, 0.4) is 0 Å². The zero-order valence-corrected chi connectivity index (χ0v) is 15.1. The SMILES string of the molecule is CC(=O)Oc1cc(C(=O)OCCCCC(CO[N+](=O)[O-])O[N+](=O)[O-])cc(O)c1O. The molecule has 0 amide bonds. The molecule has 1 aromatic rings. The molecule has 0 fully saturated rings. The fraction of sp³-hybridized carbons (Fsp3) is 0.467. The van der Waals surface area contributed by atoms with E-state index in [0.29, 0.717) is 0 Å². The Morgan fingerprint density at radius 1 is 1.14 bits per heavy atom. The standard InChI is InChI=1S/C15H18N2O12/c1-9(18)28-13-7-10(6-12(19)14(13)20)15(21)26-5-3-2-4-11(29-17(24)25)8-27-16(22)23/h6-7,11,19-20H,2-5,8H2,1H3. The molecule has 1 atom stereocenters. The van der Waals surface area contributed by atoms with Crippen molar-refractivity contribution in [2.24, 2.45) is 0 Å². The van der Waals surface area contributed by atoms with Crippen LogP contribution >= 0.6 is 0 Å². The minimum atomic E-state index is -1.16. The topological polar surface area (TPSA) is 198 Å². The van der Waals surface area contributed by atoms with E-state index in [0.717, 1.165) is 19.1 Å². The van der Waals surface area contributed by atoms with Crippen LogP contribution in [0.1, 0.15) is 36.5 Å². The molecule has 0 saturated heterocycles. The Kier molecular flexibility index (Phi) is 8.88. The van der Waals surface area contributed by atoms with Gasteiger partial charge in [0, 0.05) is 6.92 Å². The number of hydrogen-bond donors (Lipinski definition) is 2. The summed E-state index contributed by atoms with van der Waals surface area (Å²) in [4.78, 5) is 51.8. The molecular weight excluding hydrogens is 400 g/mol. The fourth-order valence-electron chi connectivity index (χ4n) is 2.10. The highest BCUT2D eigenvalue weighted by Gasteiger charge is 2.18. The summed E-state index contributed by atoms with van der Waals surface area (Å²) in [6, 6.07) is 1.93. The van der Waals surface area contributed by atoms with Crippen LogP contribution in [0.25, 0.3) is 0 Å². The van der Waals surface area contributed by atoms with Gasteiger partial charge in [0.25, 0.3) is 10.2 Å². The van der Waals surface area contributed by atoms with Crippen LogP contribution < -0.4 is 4.74 Å². The molecule has 0 heterocycles. The van der Waals surface area contributed by atoms with Gasteiger partial charge in [-0.2, -0.15) is 0 Å². The summed E-state index contributed by atoms with van der Waals surface area (Å²) in [6.45, 7) is 0.318. The van der Waals surface area contributed by atoms with Gasteiger partial charge in [0.2, 0.25) is 5.75 Å². The van der Waals surface area contributed by atoms with E-state index in [1.807, 2.05) is 0 Å². The van der Waals surface area contributed by atoms with Crippen molar-refractivity contribution >= 4 is 11.9 Å². The van der Waals surface area contributed by atoms with Crippen molar-refractivity contribution < 1.29 is 49.1 Å². The monoisotopic (exact) mass is 418 g/mol. The van der Waals surface area contributed by atoms with E-state index in [1.54, 1.807) is 0 Å². The molecule has 0 spiro atoms. The van der Waals surface area contributed by atoms with Gasteiger partial charge in [0.15, 0.2) is 11.5 Å². The van der Waals surface area contributed by atoms with Crippen molar-refractivity contribution in [3.8, 4) is 17.2 Å². The first-order chi connectivity index (χ1) is 13.6. The van der Waals surface area contributed by atoms with E-state index in [1.165, 1.54) is 0 Å². The van der Waals surface area contributed by atoms with Gasteiger partial charge in [-0.25, -0.2) is 4.79 Å². The van der Waals surface area contributed by atoms with Crippen molar-refractivity contribution in [1.29, 1.82) is 0 Å². The van der Waals surface area contributed by atoms with Crippen molar-refractivity contribution in [2.75, 3.05) is 13.2 Å². The molecule has 0 aliphatic carbocycles. The van der Waals surface area contributed by atoms with Crippen LogP contribution in [0.5, 0.6) is 17.2 Å². The van der Waals surface area contributed by atoms with E-state index >= 15 is 0 Å². The Labute approximate surface area is 162 Å². The highest BCUT2D eigenvalue weighted by atomic mass is 17.0. The summed E-state index contributed by atoms with van der Waals surface area (Å²) in [5.41, 5.74) is -0.189. The Morgan fingerprint density at radius 3 is 2.41 bits per heavy atom. The number of nitrogens with zero attached hydrogens (tertiary/aromatic N) is 2. The Bertz CT molecular complexity index is 766. The summed E-state index contributed by atoms with van der Waals surface area (Å²) in [5.74, 6) is -3.50.